The fourth-order valence-corrected chi connectivity index (χ4v) is 4.34. The first kappa shape index (κ1) is 25.1. The minimum absolute atomic E-state index is 0.161. The van der Waals surface area contributed by atoms with Gasteiger partial charge in [0.25, 0.3) is 5.91 Å². The third kappa shape index (κ3) is 6.97. The Labute approximate surface area is 211 Å². The molecule has 1 atom stereocenters. The molecule has 0 aliphatic carbocycles. The monoisotopic (exact) mass is 548 g/mol. The summed E-state index contributed by atoms with van der Waals surface area (Å²) in [5.41, 5.74) is 1.67. The molecule has 8 heteroatoms. The van der Waals surface area contributed by atoms with Gasteiger partial charge in [-0.15, -0.1) is 0 Å². The van der Waals surface area contributed by atoms with E-state index < -0.39 is 6.04 Å². The molecule has 0 bridgehead atoms. The number of nitrogens with one attached hydrogen (secondary N) is 1. The summed E-state index contributed by atoms with van der Waals surface area (Å²) in [7, 11) is 1.56. The number of halogens is 3. The van der Waals surface area contributed by atoms with Crippen molar-refractivity contribution < 1.29 is 14.3 Å². The molecule has 0 fully saturated rings. The highest BCUT2D eigenvalue weighted by molar-refractivity contribution is 9.10. The van der Waals surface area contributed by atoms with Crippen LogP contribution in [0.2, 0.25) is 10.0 Å². The molecule has 0 heterocycles. The quantitative estimate of drug-likeness (QED) is 0.382. The Morgan fingerprint density at radius 2 is 1.73 bits per heavy atom. The van der Waals surface area contributed by atoms with Gasteiger partial charge >= 0.3 is 0 Å². The Hall–Kier alpha value is -2.54. The van der Waals surface area contributed by atoms with E-state index in [1.165, 1.54) is 4.90 Å². The van der Waals surface area contributed by atoms with Gasteiger partial charge in [0.05, 0.1) is 4.47 Å². The first-order valence-electron chi connectivity index (χ1n) is 10.2. The van der Waals surface area contributed by atoms with Crippen LogP contribution >= 0.6 is 39.1 Å². The average molecular weight is 550 g/mol. The summed E-state index contributed by atoms with van der Waals surface area (Å²) in [4.78, 5) is 27.8. The molecule has 0 radical (unpaired) electrons. The molecule has 0 saturated heterocycles. The number of amides is 2. The van der Waals surface area contributed by atoms with Crippen molar-refractivity contribution in [2.75, 3.05) is 13.7 Å². The summed E-state index contributed by atoms with van der Waals surface area (Å²) in [5.74, 6) is -0.141. The van der Waals surface area contributed by atoms with Gasteiger partial charge in [-0.2, -0.15) is 0 Å². The van der Waals surface area contributed by atoms with Crippen molar-refractivity contribution in [3.8, 4) is 5.75 Å². The van der Waals surface area contributed by atoms with Gasteiger partial charge in [0.15, 0.2) is 6.61 Å². The lowest BCUT2D eigenvalue weighted by atomic mass is 10.0. The number of nitrogens with zero attached hydrogens (tertiary/aromatic N) is 1. The highest BCUT2D eigenvalue weighted by Crippen LogP contribution is 2.28. The third-order valence-corrected chi connectivity index (χ3v) is 6.28. The molecule has 0 aliphatic heterocycles. The van der Waals surface area contributed by atoms with Gasteiger partial charge in [0.1, 0.15) is 11.8 Å². The van der Waals surface area contributed by atoms with Gasteiger partial charge in [-0.3, -0.25) is 9.59 Å². The van der Waals surface area contributed by atoms with Crippen LogP contribution in [0, 0.1) is 0 Å². The van der Waals surface area contributed by atoms with E-state index in [9.17, 15) is 9.59 Å². The Bertz CT molecular complexity index is 1110. The van der Waals surface area contributed by atoms with Crippen LogP contribution in [0.5, 0.6) is 5.75 Å². The molecule has 0 aliphatic rings. The van der Waals surface area contributed by atoms with Crippen LogP contribution in [0.4, 0.5) is 0 Å². The number of benzene rings is 3. The first-order chi connectivity index (χ1) is 15.9. The van der Waals surface area contributed by atoms with Gasteiger partial charge in [-0.1, -0.05) is 71.7 Å². The number of rotatable bonds is 9. The maximum Gasteiger partial charge on any atom is 0.261 e. The maximum absolute atomic E-state index is 13.4. The van der Waals surface area contributed by atoms with Gasteiger partial charge in [-0.05, 0) is 51.3 Å². The van der Waals surface area contributed by atoms with Crippen LogP contribution in [-0.2, 0) is 22.6 Å². The predicted molar refractivity (Wildman–Crippen MR) is 135 cm³/mol. The molecule has 2 amide bonds. The summed E-state index contributed by atoms with van der Waals surface area (Å²) in [6.07, 6.45) is 0.349. The van der Waals surface area contributed by atoms with Crippen molar-refractivity contribution >= 4 is 50.9 Å². The average Bonchev–Trinajstić information content (AvgIpc) is 2.82. The lowest BCUT2D eigenvalue weighted by molar-refractivity contribution is -0.142. The highest BCUT2D eigenvalue weighted by atomic mass is 79.9. The van der Waals surface area contributed by atoms with Gasteiger partial charge in [0.2, 0.25) is 5.91 Å². The van der Waals surface area contributed by atoms with E-state index >= 15 is 0 Å². The first-order valence-corrected chi connectivity index (χ1v) is 11.8. The van der Waals surface area contributed by atoms with Gasteiger partial charge < -0.3 is 15.0 Å². The smallest absolute Gasteiger partial charge is 0.261 e. The second-order valence-corrected chi connectivity index (χ2v) is 8.99. The Morgan fingerprint density at radius 1 is 1.03 bits per heavy atom. The predicted octanol–water partition coefficient (Wildman–Crippen LogP) is 5.52. The molecular formula is C25H23BrCl2N2O3. The molecule has 3 aromatic rings. The normalized spacial score (nSPS) is 11.5. The van der Waals surface area contributed by atoms with Crippen molar-refractivity contribution in [3.05, 3.63) is 98.4 Å². The number of carbonyl (C=O) groups is 2. The molecule has 1 unspecified atom stereocenters. The van der Waals surface area contributed by atoms with E-state index in [1.54, 1.807) is 31.3 Å². The van der Waals surface area contributed by atoms with Crippen LogP contribution < -0.4 is 10.1 Å². The standard InChI is InChI=1S/C25H23BrCl2N2O3/c1-29-25(32)22(13-17-7-3-2-4-8-17)30(15-18-9-5-6-10-21(18)28)24(31)16-33-23-12-11-19(27)14-20(23)26/h2-12,14,22H,13,15-16H2,1H3,(H,29,32). The molecule has 0 spiro atoms. The van der Waals surface area contributed by atoms with E-state index in [2.05, 4.69) is 21.2 Å². The van der Waals surface area contributed by atoms with Gasteiger partial charge in [-0.25, -0.2) is 0 Å². The number of ether oxygens (including phenoxy) is 1. The van der Waals surface area contributed by atoms with Crippen molar-refractivity contribution in [1.82, 2.24) is 10.2 Å². The molecular weight excluding hydrogens is 527 g/mol. The Balaban J connectivity index is 1.89. The number of likely N-dealkylation sites (N-methyl/N-ethyl adjacent to an activating group) is 1. The van der Waals surface area contributed by atoms with Crippen LogP contribution in [-0.4, -0.2) is 36.4 Å². The SMILES string of the molecule is CNC(=O)C(Cc1ccccc1)N(Cc1ccccc1Cl)C(=O)COc1ccc(Cl)cc1Br. The molecule has 33 heavy (non-hydrogen) atoms. The van der Waals surface area contributed by atoms with E-state index in [4.69, 9.17) is 27.9 Å². The fraction of sp³-hybridized carbons (Fsp3) is 0.200. The largest absolute Gasteiger partial charge is 0.483 e. The summed E-state index contributed by atoms with van der Waals surface area (Å²) in [6.45, 7) is -0.0957. The topological polar surface area (TPSA) is 58.6 Å². The van der Waals surface area contributed by atoms with Crippen LogP contribution in [0.25, 0.3) is 0 Å². The molecule has 0 aromatic heterocycles. The van der Waals surface area contributed by atoms with Crippen molar-refractivity contribution in [2.45, 2.75) is 19.0 Å². The third-order valence-electron chi connectivity index (χ3n) is 5.06. The Morgan fingerprint density at radius 3 is 2.39 bits per heavy atom. The molecule has 3 rings (SSSR count). The van der Waals surface area contributed by atoms with Crippen molar-refractivity contribution in [2.24, 2.45) is 0 Å². The van der Waals surface area contributed by atoms with Crippen molar-refractivity contribution in [1.29, 1.82) is 0 Å². The highest BCUT2D eigenvalue weighted by Gasteiger charge is 2.30. The summed E-state index contributed by atoms with van der Waals surface area (Å²) >= 11 is 15.7. The molecule has 172 valence electrons. The zero-order chi connectivity index (χ0) is 23.8. The number of hydrogen-bond donors (Lipinski definition) is 1. The zero-order valence-electron chi connectivity index (χ0n) is 17.9. The minimum atomic E-state index is -0.751. The Kier molecular flexibility index (Phi) is 9.18. The lowest BCUT2D eigenvalue weighted by Gasteiger charge is -2.31. The van der Waals surface area contributed by atoms with Crippen LogP contribution in [0.3, 0.4) is 0 Å². The van der Waals surface area contributed by atoms with Crippen molar-refractivity contribution in [3.63, 3.8) is 0 Å². The summed E-state index contributed by atoms with van der Waals surface area (Å²) in [6, 6.07) is 21.1. The second-order valence-electron chi connectivity index (χ2n) is 7.30. The van der Waals surface area contributed by atoms with Crippen LogP contribution in [0.15, 0.2) is 77.3 Å². The summed E-state index contributed by atoms with van der Waals surface area (Å²) < 4.78 is 6.39. The minimum Gasteiger partial charge on any atom is -0.483 e. The van der Waals surface area contributed by atoms with E-state index in [-0.39, 0.29) is 25.0 Å². The van der Waals surface area contributed by atoms with E-state index in [0.29, 0.717) is 26.7 Å². The summed E-state index contributed by atoms with van der Waals surface area (Å²) in [5, 5.41) is 3.75. The second kappa shape index (κ2) is 12.1. The van der Waals surface area contributed by atoms with Gasteiger partial charge in [0, 0.05) is 30.1 Å². The molecule has 1 N–H and O–H groups in total. The maximum atomic E-state index is 13.4. The van der Waals surface area contributed by atoms with E-state index in [1.807, 2.05) is 48.5 Å². The molecule has 5 nitrogen and oxygen atoms in total. The molecule has 3 aromatic carbocycles. The zero-order valence-corrected chi connectivity index (χ0v) is 21.0. The number of carbonyl (C=O) groups excluding carboxylic acids is 2. The number of hydrogen-bond acceptors (Lipinski definition) is 3. The molecule has 0 saturated carbocycles. The van der Waals surface area contributed by atoms with Crippen LogP contribution in [0.1, 0.15) is 11.1 Å². The fourth-order valence-electron chi connectivity index (χ4n) is 3.35. The van der Waals surface area contributed by atoms with E-state index in [0.717, 1.165) is 11.1 Å². The lowest BCUT2D eigenvalue weighted by Crippen LogP contribution is -2.51.